The number of rotatable bonds is 2. The molecule has 0 unspecified atom stereocenters. The van der Waals surface area contributed by atoms with Gasteiger partial charge in [-0.2, -0.15) is 0 Å². The molecule has 0 aliphatic rings. The van der Waals surface area contributed by atoms with Crippen LogP contribution in [-0.2, 0) is 9.59 Å². The molecule has 0 heterocycles. The van der Waals surface area contributed by atoms with E-state index in [1.807, 2.05) is 20.8 Å². The van der Waals surface area contributed by atoms with Crippen molar-refractivity contribution in [2.24, 2.45) is 4.74 Å². The fourth-order valence-corrected chi connectivity index (χ4v) is 2.16. The maximum Gasteiger partial charge on any atom is 0.164 e. The first-order chi connectivity index (χ1) is 4.83. The maximum atomic E-state index is 10.5. The number of hydrogen-bond acceptors (Lipinski definition) is 3. The molecule has 0 spiro atoms. The van der Waals surface area contributed by atoms with E-state index in [-0.39, 0.29) is 5.54 Å². The average molecular weight is 175 g/mol. The van der Waals surface area contributed by atoms with Gasteiger partial charge >= 0.3 is 0 Å². The number of carbonyl (C=O) groups excluding carboxylic acids is 2. The van der Waals surface area contributed by atoms with Crippen LogP contribution in [0.1, 0.15) is 20.8 Å². The lowest BCUT2D eigenvalue weighted by Crippen LogP contribution is -2.09. The van der Waals surface area contributed by atoms with Crippen LogP contribution in [0, 0.1) is 0 Å². The highest BCUT2D eigenvalue weighted by Crippen LogP contribution is 2.40. The highest BCUT2D eigenvalue weighted by atomic mass is 31.2. The van der Waals surface area contributed by atoms with Crippen molar-refractivity contribution >= 4 is 19.1 Å². The third-order valence-electron chi connectivity index (χ3n) is 0.942. The minimum atomic E-state index is -2.29. The van der Waals surface area contributed by atoms with Crippen molar-refractivity contribution < 1.29 is 9.59 Å². The Bertz CT molecular complexity index is 203. The fourth-order valence-electron chi connectivity index (χ4n) is 0.718. The standard InChI is InChI=1S/C7H14NO2P/c1-7(2,3)8-11(4,5-9)6-10/h5-6H,1-4H3. The summed E-state index contributed by atoms with van der Waals surface area (Å²) in [6, 6.07) is 1.34. The normalized spacial score (nSPS) is 12.4. The molecular weight excluding hydrogens is 161 g/mol. The van der Waals surface area contributed by atoms with E-state index in [4.69, 9.17) is 0 Å². The van der Waals surface area contributed by atoms with Crippen molar-refractivity contribution in [2.75, 3.05) is 6.66 Å². The average Bonchev–Trinajstić information content (AvgIpc) is 1.84. The Morgan fingerprint density at radius 3 is 1.64 bits per heavy atom. The smallest absolute Gasteiger partial charge is 0.164 e. The summed E-state index contributed by atoms with van der Waals surface area (Å²) in [7, 11) is -2.29. The van der Waals surface area contributed by atoms with Crippen molar-refractivity contribution in [3.05, 3.63) is 0 Å². The Balaban J connectivity index is 4.90. The molecule has 0 saturated carbocycles. The third kappa shape index (κ3) is 4.10. The van der Waals surface area contributed by atoms with Gasteiger partial charge in [0.1, 0.15) is 0 Å². The summed E-state index contributed by atoms with van der Waals surface area (Å²) < 4.78 is 4.15. The SMILES string of the molecule is CC(C)(C)N=P(C)(C=O)C=O. The van der Waals surface area contributed by atoms with E-state index >= 15 is 0 Å². The summed E-state index contributed by atoms with van der Waals surface area (Å²) in [4.78, 5) is 20.9. The zero-order valence-electron chi connectivity index (χ0n) is 7.37. The molecule has 0 saturated heterocycles. The van der Waals surface area contributed by atoms with Crippen molar-refractivity contribution in [3.8, 4) is 0 Å². The molecule has 4 heteroatoms. The van der Waals surface area contributed by atoms with Crippen LogP contribution in [0.3, 0.4) is 0 Å². The maximum absolute atomic E-state index is 10.5. The number of carbonyl (C=O) groups is 2. The Morgan fingerprint density at radius 1 is 1.18 bits per heavy atom. The third-order valence-corrected chi connectivity index (χ3v) is 2.83. The van der Waals surface area contributed by atoms with Gasteiger partial charge in [-0.1, -0.05) is 0 Å². The van der Waals surface area contributed by atoms with Crippen LogP contribution in [0.15, 0.2) is 4.74 Å². The quantitative estimate of drug-likeness (QED) is 0.476. The van der Waals surface area contributed by atoms with Gasteiger partial charge in [-0.3, -0.25) is 14.3 Å². The first-order valence-electron chi connectivity index (χ1n) is 3.36. The van der Waals surface area contributed by atoms with Gasteiger partial charge in [0.2, 0.25) is 0 Å². The first-order valence-corrected chi connectivity index (χ1v) is 5.69. The van der Waals surface area contributed by atoms with Gasteiger partial charge in [0.15, 0.2) is 12.1 Å². The van der Waals surface area contributed by atoms with E-state index in [0.717, 1.165) is 0 Å². The molecule has 0 radical (unpaired) electrons. The lowest BCUT2D eigenvalue weighted by molar-refractivity contribution is 0.560. The molecule has 0 aromatic rings. The molecule has 0 aliphatic carbocycles. The van der Waals surface area contributed by atoms with Gasteiger partial charge in [-0.05, 0) is 27.4 Å². The monoisotopic (exact) mass is 175 g/mol. The second kappa shape index (κ2) is 3.31. The first kappa shape index (κ1) is 10.6. The summed E-state index contributed by atoms with van der Waals surface area (Å²) in [5.41, 5.74) is -0.301. The minimum Gasteiger partial charge on any atom is -0.296 e. The number of hydrogen-bond donors (Lipinski definition) is 0. The molecule has 64 valence electrons. The van der Waals surface area contributed by atoms with Crippen molar-refractivity contribution in [3.63, 3.8) is 0 Å². The van der Waals surface area contributed by atoms with Gasteiger partial charge in [0.25, 0.3) is 0 Å². The number of nitrogens with zero attached hydrogens (tertiary/aromatic N) is 1. The van der Waals surface area contributed by atoms with Crippen LogP contribution in [-0.4, -0.2) is 24.3 Å². The van der Waals surface area contributed by atoms with Gasteiger partial charge in [-0.15, -0.1) is 0 Å². The molecule has 0 aliphatic heterocycles. The second-order valence-corrected chi connectivity index (χ2v) is 6.39. The molecule has 0 bridgehead atoms. The van der Waals surface area contributed by atoms with Crippen molar-refractivity contribution in [2.45, 2.75) is 26.3 Å². The molecule has 0 aromatic heterocycles. The van der Waals surface area contributed by atoms with E-state index in [1.54, 1.807) is 6.66 Å². The Hall–Kier alpha value is -0.430. The Morgan fingerprint density at radius 2 is 1.55 bits per heavy atom. The van der Waals surface area contributed by atoms with E-state index in [9.17, 15) is 9.59 Å². The second-order valence-electron chi connectivity index (χ2n) is 3.58. The Kier molecular flexibility index (Phi) is 3.18. The van der Waals surface area contributed by atoms with Crippen LogP contribution in [0.2, 0.25) is 0 Å². The van der Waals surface area contributed by atoms with Crippen molar-refractivity contribution in [1.29, 1.82) is 0 Å². The highest BCUT2D eigenvalue weighted by Gasteiger charge is 2.15. The van der Waals surface area contributed by atoms with Crippen LogP contribution in [0.4, 0.5) is 0 Å². The van der Waals surface area contributed by atoms with Gasteiger partial charge in [0.05, 0.1) is 12.6 Å². The zero-order chi connectivity index (χ0) is 9.12. The predicted octanol–water partition coefficient (Wildman–Crippen LogP) is 2.00. The van der Waals surface area contributed by atoms with Gasteiger partial charge in [0, 0.05) is 0 Å². The molecule has 0 atom stereocenters. The molecule has 3 nitrogen and oxygen atoms in total. The predicted molar refractivity (Wildman–Crippen MR) is 48.5 cm³/mol. The molecule has 0 fully saturated rings. The summed E-state index contributed by atoms with van der Waals surface area (Å²) in [6.07, 6.45) is 0. The topological polar surface area (TPSA) is 46.5 Å². The molecule has 0 rings (SSSR count). The zero-order valence-corrected chi connectivity index (χ0v) is 8.26. The van der Waals surface area contributed by atoms with E-state index in [1.165, 1.54) is 0 Å². The largest absolute Gasteiger partial charge is 0.296 e. The van der Waals surface area contributed by atoms with Crippen molar-refractivity contribution in [1.82, 2.24) is 0 Å². The van der Waals surface area contributed by atoms with Crippen LogP contribution in [0.25, 0.3) is 0 Å². The van der Waals surface area contributed by atoms with Gasteiger partial charge < -0.3 is 0 Å². The molecule has 0 N–H and O–H groups in total. The highest BCUT2D eigenvalue weighted by molar-refractivity contribution is 7.91. The van der Waals surface area contributed by atoms with E-state index in [0.29, 0.717) is 12.1 Å². The molecular formula is C7H14NO2P. The minimum absolute atomic E-state index is 0.301. The summed E-state index contributed by atoms with van der Waals surface area (Å²) in [6.45, 7) is 7.23. The van der Waals surface area contributed by atoms with E-state index in [2.05, 4.69) is 4.74 Å². The summed E-state index contributed by atoms with van der Waals surface area (Å²) >= 11 is 0. The van der Waals surface area contributed by atoms with E-state index < -0.39 is 7.05 Å². The fraction of sp³-hybridized carbons (Fsp3) is 0.714. The van der Waals surface area contributed by atoms with Crippen LogP contribution < -0.4 is 0 Å². The molecule has 0 aromatic carbocycles. The van der Waals surface area contributed by atoms with Gasteiger partial charge in [-0.25, -0.2) is 0 Å². The lowest BCUT2D eigenvalue weighted by Gasteiger charge is -2.16. The lowest BCUT2D eigenvalue weighted by atomic mass is 10.1. The van der Waals surface area contributed by atoms with Crippen LogP contribution >= 0.6 is 7.05 Å². The summed E-state index contributed by atoms with van der Waals surface area (Å²) in [5, 5.41) is 0. The van der Waals surface area contributed by atoms with Crippen LogP contribution in [0.5, 0.6) is 0 Å². The molecule has 11 heavy (non-hydrogen) atoms. The molecule has 0 amide bonds. The Labute approximate surface area is 67.2 Å². The summed E-state index contributed by atoms with van der Waals surface area (Å²) in [5.74, 6) is 0.